The van der Waals surface area contributed by atoms with Gasteiger partial charge in [0.2, 0.25) is 0 Å². The smallest absolute Gasteiger partial charge is 0.275 e. The van der Waals surface area contributed by atoms with E-state index in [1.54, 1.807) is 10.3 Å². The Bertz CT molecular complexity index is 386. The Balaban J connectivity index is 2.05. The third kappa shape index (κ3) is 2.11. The highest BCUT2D eigenvalue weighted by Crippen LogP contribution is 2.09. The Hall–Kier alpha value is -1.52. The first-order valence-electron chi connectivity index (χ1n) is 4.39. The first-order valence-corrected chi connectivity index (χ1v) is 5.22. The summed E-state index contributed by atoms with van der Waals surface area (Å²) in [5, 5.41) is 14.0. The van der Waals surface area contributed by atoms with Crippen molar-refractivity contribution in [2.24, 2.45) is 0 Å². The van der Waals surface area contributed by atoms with Crippen LogP contribution in [0.15, 0.2) is 5.38 Å². The van der Waals surface area contributed by atoms with Crippen molar-refractivity contribution in [2.45, 2.75) is 6.10 Å². The zero-order valence-electron chi connectivity index (χ0n) is 7.79. The molecule has 0 N–H and O–H groups in total. The van der Waals surface area contributed by atoms with Gasteiger partial charge in [-0.05, 0) is 11.5 Å². The number of nitriles is 1. The molecule has 1 aliphatic heterocycles. The minimum absolute atomic E-state index is 0.188. The highest BCUT2D eigenvalue weighted by atomic mass is 32.1. The summed E-state index contributed by atoms with van der Waals surface area (Å²) in [6.07, 6.45) is -0.533. The molecular weight excluding hydrogens is 216 g/mol. The second-order valence-electron chi connectivity index (χ2n) is 3.03. The Morgan fingerprint density at radius 3 is 3.33 bits per heavy atom. The molecule has 1 unspecified atom stereocenters. The highest BCUT2D eigenvalue weighted by Gasteiger charge is 2.25. The van der Waals surface area contributed by atoms with Gasteiger partial charge in [-0.2, -0.15) is 5.26 Å². The highest BCUT2D eigenvalue weighted by molar-refractivity contribution is 7.03. The molecule has 0 spiro atoms. The van der Waals surface area contributed by atoms with Crippen molar-refractivity contribution in [3.63, 3.8) is 0 Å². The number of hydrogen-bond acceptors (Lipinski definition) is 6. The molecule has 1 aromatic heterocycles. The molecule has 15 heavy (non-hydrogen) atoms. The maximum Gasteiger partial charge on any atom is 0.275 e. The number of hydrogen-bond donors (Lipinski definition) is 0. The van der Waals surface area contributed by atoms with E-state index in [0.29, 0.717) is 25.4 Å². The summed E-state index contributed by atoms with van der Waals surface area (Å²) in [7, 11) is 0. The van der Waals surface area contributed by atoms with Crippen LogP contribution in [0, 0.1) is 11.3 Å². The zero-order chi connectivity index (χ0) is 10.7. The van der Waals surface area contributed by atoms with E-state index in [-0.39, 0.29) is 5.91 Å². The second kappa shape index (κ2) is 4.33. The van der Waals surface area contributed by atoms with Crippen LogP contribution in [-0.2, 0) is 4.74 Å². The van der Waals surface area contributed by atoms with Crippen molar-refractivity contribution >= 4 is 17.4 Å². The number of aromatic nitrogens is 2. The molecule has 0 aliphatic carbocycles. The van der Waals surface area contributed by atoms with Crippen molar-refractivity contribution < 1.29 is 9.53 Å². The van der Waals surface area contributed by atoms with E-state index in [4.69, 9.17) is 10.00 Å². The lowest BCUT2D eigenvalue weighted by molar-refractivity contribution is 0.00320. The summed E-state index contributed by atoms with van der Waals surface area (Å²) in [4.78, 5) is 13.4. The number of rotatable bonds is 1. The van der Waals surface area contributed by atoms with Gasteiger partial charge in [0.05, 0.1) is 19.2 Å². The lowest BCUT2D eigenvalue weighted by Crippen LogP contribution is -2.45. The first-order chi connectivity index (χ1) is 7.31. The summed E-state index contributed by atoms with van der Waals surface area (Å²) in [6, 6.07) is 1.98. The van der Waals surface area contributed by atoms with Crippen molar-refractivity contribution in [3.8, 4) is 6.07 Å². The van der Waals surface area contributed by atoms with Crippen LogP contribution in [0.4, 0.5) is 0 Å². The van der Waals surface area contributed by atoms with Crippen molar-refractivity contribution in [3.05, 3.63) is 11.1 Å². The molecule has 1 aromatic rings. The van der Waals surface area contributed by atoms with Gasteiger partial charge in [0.1, 0.15) is 0 Å². The fraction of sp³-hybridized carbons (Fsp3) is 0.500. The fourth-order valence-electron chi connectivity index (χ4n) is 1.33. The minimum atomic E-state index is -0.533. The van der Waals surface area contributed by atoms with Crippen LogP contribution in [0.25, 0.3) is 0 Å². The summed E-state index contributed by atoms with van der Waals surface area (Å²) < 4.78 is 8.76. The van der Waals surface area contributed by atoms with E-state index in [1.807, 2.05) is 6.07 Å². The van der Waals surface area contributed by atoms with E-state index in [1.165, 1.54) is 0 Å². The Kier molecular flexibility index (Phi) is 2.89. The second-order valence-corrected chi connectivity index (χ2v) is 3.64. The predicted molar refractivity (Wildman–Crippen MR) is 51.2 cm³/mol. The summed E-state index contributed by atoms with van der Waals surface area (Å²) in [5.74, 6) is -0.188. The van der Waals surface area contributed by atoms with Crippen molar-refractivity contribution in [2.75, 3.05) is 19.7 Å². The molecule has 0 bridgehead atoms. The standard InChI is InChI=1S/C8H8N4O2S/c9-3-6-4-12(1-2-14-6)8(13)7-5-15-11-10-7/h5-6H,1-2,4H2. The van der Waals surface area contributed by atoms with Gasteiger partial charge < -0.3 is 9.64 Å². The van der Waals surface area contributed by atoms with E-state index in [2.05, 4.69) is 9.59 Å². The molecule has 2 rings (SSSR count). The average Bonchev–Trinajstić information content (AvgIpc) is 2.81. The monoisotopic (exact) mass is 224 g/mol. The zero-order valence-corrected chi connectivity index (χ0v) is 8.61. The van der Waals surface area contributed by atoms with Gasteiger partial charge in [-0.3, -0.25) is 4.79 Å². The lowest BCUT2D eigenvalue weighted by Gasteiger charge is -2.28. The maximum absolute atomic E-state index is 11.8. The molecule has 78 valence electrons. The van der Waals surface area contributed by atoms with Crippen LogP contribution >= 0.6 is 11.5 Å². The average molecular weight is 224 g/mol. The van der Waals surface area contributed by atoms with Crippen molar-refractivity contribution in [1.82, 2.24) is 14.5 Å². The molecule has 1 saturated heterocycles. The number of carbonyl (C=O) groups is 1. The summed E-state index contributed by atoms with van der Waals surface area (Å²) in [6.45, 7) is 1.18. The fourth-order valence-corrected chi connectivity index (χ4v) is 1.76. The van der Waals surface area contributed by atoms with Crippen LogP contribution in [-0.4, -0.2) is 46.2 Å². The topological polar surface area (TPSA) is 79.1 Å². The normalized spacial score (nSPS) is 21.0. The Labute approximate surface area is 90.2 Å². The molecule has 6 nitrogen and oxygen atoms in total. The summed E-state index contributed by atoms with van der Waals surface area (Å²) >= 11 is 1.13. The molecule has 1 atom stereocenters. The van der Waals surface area contributed by atoms with Crippen molar-refractivity contribution in [1.29, 1.82) is 5.26 Å². The van der Waals surface area contributed by atoms with Gasteiger partial charge in [-0.25, -0.2) is 0 Å². The van der Waals surface area contributed by atoms with Gasteiger partial charge >= 0.3 is 0 Å². The van der Waals surface area contributed by atoms with Gasteiger partial charge in [0.25, 0.3) is 5.91 Å². The third-order valence-corrected chi connectivity index (χ3v) is 2.58. The number of carbonyl (C=O) groups excluding carboxylic acids is 1. The third-order valence-electron chi connectivity index (χ3n) is 2.08. The van der Waals surface area contributed by atoms with Gasteiger partial charge in [0, 0.05) is 11.9 Å². The summed E-state index contributed by atoms with van der Waals surface area (Å²) in [5.41, 5.74) is 0.332. The van der Waals surface area contributed by atoms with E-state index in [9.17, 15) is 4.79 Å². The van der Waals surface area contributed by atoms with Crippen LogP contribution in [0.2, 0.25) is 0 Å². The molecule has 0 radical (unpaired) electrons. The SMILES string of the molecule is N#CC1CN(C(=O)c2csnn2)CCO1. The quantitative estimate of drug-likeness (QED) is 0.665. The van der Waals surface area contributed by atoms with E-state index >= 15 is 0 Å². The Morgan fingerprint density at radius 2 is 2.67 bits per heavy atom. The number of morpholine rings is 1. The molecule has 7 heteroatoms. The minimum Gasteiger partial charge on any atom is -0.360 e. The molecular formula is C8H8N4O2S. The number of amides is 1. The largest absolute Gasteiger partial charge is 0.360 e. The molecule has 0 saturated carbocycles. The van der Waals surface area contributed by atoms with Crippen LogP contribution in [0.3, 0.4) is 0 Å². The maximum atomic E-state index is 11.8. The molecule has 1 aliphatic rings. The molecule has 1 amide bonds. The van der Waals surface area contributed by atoms with Gasteiger partial charge in [-0.15, -0.1) is 5.10 Å². The predicted octanol–water partition coefficient (Wildman–Crippen LogP) is -0.0973. The van der Waals surface area contributed by atoms with E-state index < -0.39 is 6.10 Å². The van der Waals surface area contributed by atoms with Crippen LogP contribution in [0.1, 0.15) is 10.5 Å². The number of nitrogens with zero attached hydrogens (tertiary/aromatic N) is 4. The van der Waals surface area contributed by atoms with E-state index in [0.717, 1.165) is 11.5 Å². The first kappa shape index (κ1) is 10.0. The Morgan fingerprint density at radius 1 is 1.80 bits per heavy atom. The molecule has 1 fully saturated rings. The number of ether oxygens (including phenoxy) is 1. The van der Waals surface area contributed by atoms with Crippen LogP contribution in [0.5, 0.6) is 0 Å². The lowest BCUT2D eigenvalue weighted by atomic mass is 10.2. The molecule has 0 aromatic carbocycles. The van der Waals surface area contributed by atoms with Gasteiger partial charge in [-0.1, -0.05) is 4.49 Å². The van der Waals surface area contributed by atoms with Gasteiger partial charge in [0.15, 0.2) is 11.8 Å². The van der Waals surface area contributed by atoms with Crippen LogP contribution < -0.4 is 0 Å². The molecule has 2 heterocycles.